The van der Waals surface area contributed by atoms with Gasteiger partial charge in [0.05, 0.1) is 0 Å². The van der Waals surface area contributed by atoms with Gasteiger partial charge >= 0.3 is 144 Å². The molecule has 1 aliphatic rings. The van der Waals surface area contributed by atoms with E-state index in [1.54, 1.807) is 0 Å². The zero-order valence-electron chi connectivity index (χ0n) is 13.7. The van der Waals surface area contributed by atoms with Crippen LogP contribution in [0.5, 0.6) is 0 Å². The Kier molecular flexibility index (Phi) is 7.03. The molecular weight excluding hydrogens is 357 g/mol. The summed E-state index contributed by atoms with van der Waals surface area (Å²) >= 11 is -0.0907. The molecule has 1 aliphatic carbocycles. The number of methoxy groups -OCH3 is 1. The van der Waals surface area contributed by atoms with Gasteiger partial charge in [-0.2, -0.15) is 0 Å². The summed E-state index contributed by atoms with van der Waals surface area (Å²) < 4.78 is 6.22. The van der Waals surface area contributed by atoms with Crippen molar-refractivity contribution in [1.82, 2.24) is 4.90 Å². The molecule has 0 radical (unpaired) electrons. The number of rotatable bonds is 7. The van der Waals surface area contributed by atoms with Gasteiger partial charge in [-0.1, -0.05) is 0 Å². The van der Waals surface area contributed by atoms with Gasteiger partial charge in [0.15, 0.2) is 0 Å². The summed E-state index contributed by atoms with van der Waals surface area (Å²) in [4.78, 5) is 25.8. The second-order valence-corrected chi connectivity index (χ2v) is 8.04. The van der Waals surface area contributed by atoms with Crippen LogP contribution in [0.25, 0.3) is 0 Å². The fraction of sp³-hybridized carbons (Fsp3) is 0.444. The van der Waals surface area contributed by atoms with Crippen molar-refractivity contribution < 1.29 is 14.3 Å². The van der Waals surface area contributed by atoms with Gasteiger partial charge in [-0.3, -0.25) is 0 Å². The predicted octanol–water partition coefficient (Wildman–Crippen LogP) is 1.52. The first-order valence-electron chi connectivity index (χ1n) is 7.83. The molecular formula is C18H23NO3Se. The zero-order chi connectivity index (χ0) is 16.7. The minimum atomic E-state index is -0.216. The average molecular weight is 380 g/mol. The van der Waals surface area contributed by atoms with Gasteiger partial charge in [-0.05, 0) is 0 Å². The molecule has 5 heteroatoms. The molecule has 0 N–H and O–H groups in total. The van der Waals surface area contributed by atoms with Crippen LogP contribution in [0.15, 0.2) is 42.0 Å². The Bertz CT molecular complexity index is 571. The van der Waals surface area contributed by atoms with Crippen molar-refractivity contribution in [3.63, 3.8) is 0 Å². The third kappa shape index (κ3) is 5.61. The number of nitrogens with zero attached hydrogens (tertiary/aromatic N) is 1. The first-order valence-corrected chi connectivity index (χ1v) is 9.54. The molecule has 23 heavy (non-hydrogen) atoms. The maximum atomic E-state index is 12.1. The number of hydrogen-bond acceptors (Lipinski definition) is 4. The van der Waals surface area contributed by atoms with E-state index in [-0.39, 0.29) is 20.9 Å². The minimum absolute atomic E-state index is 0.0907. The normalized spacial score (nSPS) is 17.7. The summed E-state index contributed by atoms with van der Waals surface area (Å²) in [5.41, 5.74) is 0.778. The topological polar surface area (TPSA) is 46.6 Å². The SMILES string of the molecule is COC(=O)C1=CCC(N(C)CCC(=O)[Se]c2ccccc2)CC1. The van der Waals surface area contributed by atoms with E-state index in [0.29, 0.717) is 17.1 Å². The van der Waals surface area contributed by atoms with E-state index in [4.69, 9.17) is 4.74 Å². The van der Waals surface area contributed by atoms with Gasteiger partial charge in [-0.25, -0.2) is 0 Å². The number of hydrogen-bond donors (Lipinski definition) is 0. The molecule has 0 aliphatic heterocycles. The first-order chi connectivity index (χ1) is 11.1. The molecule has 4 nitrogen and oxygen atoms in total. The molecule has 0 bridgehead atoms. The molecule has 1 unspecified atom stereocenters. The third-order valence-corrected chi connectivity index (χ3v) is 6.07. The molecule has 124 valence electrons. The Hall–Kier alpha value is -1.42. The molecule has 0 aromatic heterocycles. The van der Waals surface area contributed by atoms with E-state index < -0.39 is 0 Å². The number of carbonyl (C=O) groups is 2. The zero-order valence-corrected chi connectivity index (χ0v) is 15.4. The number of carbonyl (C=O) groups excluding carboxylic acids is 2. The van der Waals surface area contributed by atoms with Gasteiger partial charge in [0, 0.05) is 0 Å². The van der Waals surface area contributed by atoms with E-state index in [0.717, 1.165) is 35.8 Å². The summed E-state index contributed by atoms with van der Waals surface area (Å²) in [6.07, 6.45) is 5.11. The standard InChI is InChI=1S/C18H23NO3Se/c1-19(15-10-8-14(9-11-15)18(21)22-2)13-12-17(20)23-16-6-4-3-5-7-16/h3-8,15H,9-13H2,1-2H3. The molecule has 1 aromatic rings. The molecule has 0 heterocycles. The van der Waals surface area contributed by atoms with Crippen molar-refractivity contribution in [1.29, 1.82) is 0 Å². The van der Waals surface area contributed by atoms with Gasteiger partial charge in [-0.15, -0.1) is 0 Å². The van der Waals surface area contributed by atoms with Crippen molar-refractivity contribution in [2.75, 3.05) is 20.7 Å². The number of esters is 1. The number of benzene rings is 1. The van der Waals surface area contributed by atoms with Crippen molar-refractivity contribution in [2.24, 2.45) is 0 Å². The quantitative estimate of drug-likeness (QED) is 0.532. The van der Waals surface area contributed by atoms with Crippen LogP contribution < -0.4 is 4.46 Å². The Labute approximate surface area is 144 Å². The second kappa shape index (κ2) is 9.02. The van der Waals surface area contributed by atoms with Crippen LogP contribution in [0.4, 0.5) is 0 Å². The van der Waals surface area contributed by atoms with Crippen molar-refractivity contribution in [3.05, 3.63) is 42.0 Å². The predicted molar refractivity (Wildman–Crippen MR) is 91.8 cm³/mol. The molecule has 0 fully saturated rings. The summed E-state index contributed by atoms with van der Waals surface area (Å²) in [7, 11) is 3.48. The van der Waals surface area contributed by atoms with Crippen molar-refractivity contribution >= 4 is 30.1 Å². The monoisotopic (exact) mass is 381 g/mol. The van der Waals surface area contributed by atoms with Crippen molar-refractivity contribution in [2.45, 2.75) is 31.7 Å². The van der Waals surface area contributed by atoms with Crippen LogP contribution in [0, 0.1) is 0 Å². The first kappa shape index (κ1) is 17.9. The second-order valence-electron chi connectivity index (χ2n) is 5.67. The maximum absolute atomic E-state index is 12.1. The van der Waals surface area contributed by atoms with Crippen LogP contribution in [-0.4, -0.2) is 57.3 Å². The van der Waals surface area contributed by atoms with Gasteiger partial charge in [0.2, 0.25) is 0 Å². The van der Waals surface area contributed by atoms with Crippen LogP contribution >= 0.6 is 0 Å². The Morgan fingerprint density at radius 3 is 2.65 bits per heavy atom. The number of ether oxygens (including phenoxy) is 1. The fourth-order valence-electron chi connectivity index (χ4n) is 2.66. The molecule has 1 aromatic carbocycles. The van der Waals surface area contributed by atoms with Crippen LogP contribution in [0.2, 0.25) is 0 Å². The molecule has 2 rings (SSSR count). The molecule has 0 saturated carbocycles. The summed E-state index contributed by atoms with van der Waals surface area (Å²) in [5.74, 6) is -0.216. The van der Waals surface area contributed by atoms with E-state index in [1.165, 1.54) is 7.11 Å². The molecule has 0 saturated heterocycles. The van der Waals surface area contributed by atoms with Gasteiger partial charge in [0.25, 0.3) is 0 Å². The fourth-order valence-corrected chi connectivity index (χ4v) is 4.23. The van der Waals surface area contributed by atoms with Crippen molar-refractivity contribution in [3.8, 4) is 0 Å². The Balaban J connectivity index is 1.75. The van der Waals surface area contributed by atoms with Crippen LogP contribution in [0.1, 0.15) is 25.7 Å². The Morgan fingerprint density at radius 1 is 1.30 bits per heavy atom. The van der Waals surface area contributed by atoms with Gasteiger partial charge in [0.1, 0.15) is 0 Å². The van der Waals surface area contributed by atoms with E-state index in [2.05, 4.69) is 11.9 Å². The van der Waals surface area contributed by atoms with E-state index >= 15 is 0 Å². The van der Waals surface area contributed by atoms with Gasteiger partial charge < -0.3 is 0 Å². The Morgan fingerprint density at radius 2 is 2.04 bits per heavy atom. The summed E-state index contributed by atoms with van der Waals surface area (Å²) in [6.45, 7) is 0.777. The van der Waals surface area contributed by atoms with E-state index in [9.17, 15) is 9.59 Å². The van der Waals surface area contributed by atoms with Crippen LogP contribution in [0.3, 0.4) is 0 Å². The van der Waals surface area contributed by atoms with E-state index in [1.807, 2.05) is 36.4 Å². The average Bonchev–Trinajstić information content (AvgIpc) is 2.60. The summed E-state index contributed by atoms with van der Waals surface area (Å²) in [6, 6.07) is 10.4. The third-order valence-electron chi connectivity index (χ3n) is 4.10. The molecule has 1 atom stereocenters. The summed E-state index contributed by atoms with van der Waals surface area (Å²) in [5, 5.41) is 0. The molecule has 0 amide bonds. The van der Waals surface area contributed by atoms with Crippen LogP contribution in [-0.2, 0) is 14.3 Å². The molecule has 0 spiro atoms.